The van der Waals surface area contributed by atoms with Crippen molar-refractivity contribution in [3.63, 3.8) is 0 Å². The van der Waals surface area contributed by atoms with Gasteiger partial charge in [-0.3, -0.25) is 4.72 Å². The van der Waals surface area contributed by atoms with Gasteiger partial charge in [0.15, 0.2) is 0 Å². The lowest BCUT2D eigenvalue weighted by molar-refractivity contribution is 0.0498. The van der Waals surface area contributed by atoms with Gasteiger partial charge in [-0.1, -0.05) is 44.0 Å². The van der Waals surface area contributed by atoms with Crippen LogP contribution < -0.4 is 4.72 Å². The quantitative estimate of drug-likeness (QED) is 0.246. The largest absolute Gasteiger partial charge is 0.462 e. The van der Waals surface area contributed by atoms with Crippen molar-refractivity contribution < 1.29 is 26.8 Å². The molecule has 6 nitrogen and oxygen atoms in total. The minimum Gasteiger partial charge on any atom is -0.462 e. The summed E-state index contributed by atoms with van der Waals surface area (Å²) in [6, 6.07) is 13.3. The molecule has 0 unspecified atom stereocenters. The fourth-order valence-corrected chi connectivity index (χ4v) is 4.85. The molecule has 0 spiro atoms. The first-order valence-electron chi connectivity index (χ1n) is 10.7. The number of hydrogen-bond donors (Lipinski definition) is 1. The highest BCUT2D eigenvalue weighted by Gasteiger charge is 2.24. The van der Waals surface area contributed by atoms with Gasteiger partial charge in [0.25, 0.3) is 10.0 Å². The van der Waals surface area contributed by atoms with Gasteiger partial charge in [-0.05, 0) is 43.7 Å². The van der Waals surface area contributed by atoms with Crippen LogP contribution >= 0.6 is 0 Å². The van der Waals surface area contributed by atoms with E-state index in [1.807, 2.05) is 0 Å². The second kappa shape index (κ2) is 9.23. The van der Waals surface area contributed by atoms with Crippen molar-refractivity contribution in [2.45, 2.75) is 38.0 Å². The summed E-state index contributed by atoms with van der Waals surface area (Å²) in [6.07, 6.45) is 2.73. The van der Waals surface area contributed by atoms with Crippen LogP contribution in [0.25, 0.3) is 21.7 Å². The fourth-order valence-electron chi connectivity index (χ4n) is 3.78. The molecule has 4 rings (SSSR count). The molecule has 172 valence electrons. The summed E-state index contributed by atoms with van der Waals surface area (Å²) in [7, 11) is -4.00. The standard InChI is InChI=1S/C25H24FNO5S/c1-3-4-7-14-31-25(28)23-16(2)32-24-20-9-6-5-8-19(20)22(15-21(23)24)27-33(29,30)18-12-10-17(26)11-13-18/h5-6,8-13,15,27H,3-4,7,14H2,1-2H3. The molecule has 0 fully saturated rings. The number of carbonyl (C=O) groups excluding carboxylic acids is 1. The van der Waals surface area contributed by atoms with Crippen LogP contribution in [0.4, 0.5) is 10.1 Å². The lowest BCUT2D eigenvalue weighted by Gasteiger charge is -2.12. The van der Waals surface area contributed by atoms with Crippen molar-refractivity contribution in [2.75, 3.05) is 11.3 Å². The van der Waals surface area contributed by atoms with Gasteiger partial charge < -0.3 is 9.15 Å². The van der Waals surface area contributed by atoms with Gasteiger partial charge in [-0.2, -0.15) is 0 Å². The number of furan rings is 1. The van der Waals surface area contributed by atoms with Crippen molar-refractivity contribution in [3.05, 3.63) is 71.7 Å². The van der Waals surface area contributed by atoms with E-state index in [-0.39, 0.29) is 16.1 Å². The first-order valence-corrected chi connectivity index (χ1v) is 12.2. The third kappa shape index (κ3) is 4.57. The molecule has 8 heteroatoms. The maximum Gasteiger partial charge on any atom is 0.342 e. The van der Waals surface area contributed by atoms with E-state index in [1.165, 1.54) is 12.1 Å². The Bertz CT molecular complexity index is 1420. The highest BCUT2D eigenvalue weighted by Crippen LogP contribution is 2.37. The van der Waals surface area contributed by atoms with Gasteiger partial charge in [-0.25, -0.2) is 17.6 Å². The number of esters is 1. The van der Waals surface area contributed by atoms with Crippen LogP contribution in [0.3, 0.4) is 0 Å². The summed E-state index contributed by atoms with van der Waals surface area (Å²) < 4.78 is 53.2. The minimum absolute atomic E-state index is 0.0768. The summed E-state index contributed by atoms with van der Waals surface area (Å²) in [5.74, 6) is -0.643. The molecule has 0 radical (unpaired) electrons. The second-order valence-electron chi connectivity index (χ2n) is 7.78. The first kappa shape index (κ1) is 22.8. The van der Waals surface area contributed by atoms with E-state index in [1.54, 1.807) is 37.3 Å². The molecule has 0 amide bonds. The van der Waals surface area contributed by atoms with Crippen molar-refractivity contribution in [2.24, 2.45) is 0 Å². The number of unbranched alkanes of at least 4 members (excludes halogenated alkanes) is 2. The molecule has 0 atom stereocenters. The van der Waals surface area contributed by atoms with Gasteiger partial charge in [0.2, 0.25) is 0 Å². The zero-order valence-corrected chi connectivity index (χ0v) is 19.2. The summed E-state index contributed by atoms with van der Waals surface area (Å²) in [5.41, 5.74) is 1.03. The molecule has 1 heterocycles. The van der Waals surface area contributed by atoms with Gasteiger partial charge >= 0.3 is 5.97 Å². The van der Waals surface area contributed by atoms with E-state index in [4.69, 9.17) is 9.15 Å². The monoisotopic (exact) mass is 469 g/mol. The molecule has 0 saturated carbocycles. The highest BCUT2D eigenvalue weighted by atomic mass is 32.2. The first-order chi connectivity index (χ1) is 15.8. The van der Waals surface area contributed by atoms with E-state index >= 15 is 0 Å². The highest BCUT2D eigenvalue weighted by molar-refractivity contribution is 7.92. The molecular formula is C25H24FNO5S. The molecule has 33 heavy (non-hydrogen) atoms. The van der Waals surface area contributed by atoms with Gasteiger partial charge in [0.1, 0.15) is 22.7 Å². The number of carbonyl (C=O) groups is 1. The van der Waals surface area contributed by atoms with Crippen LogP contribution in [0.1, 0.15) is 42.3 Å². The second-order valence-corrected chi connectivity index (χ2v) is 9.46. The summed E-state index contributed by atoms with van der Waals surface area (Å²) in [4.78, 5) is 12.8. The Morgan fingerprint density at radius 1 is 1.03 bits per heavy atom. The average molecular weight is 470 g/mol. The Kier molecular flexibility index (Phi) is 6.37. The summed E-state index contributed by atoms with van der Waals surface area (Å²) >= 11 is 0. The lowest BCUT2D eigenvalue weighted by Crippen LogP contribution is -2.13. The number of halogens is 1. The van der Waals surface area contributed by atoms with Crippen LogP contribution in [0, 0.1) is 12.7 Å². The zero-order chi connectivity index (χ0) is 23.6. The van der Waals surface area contributed by atoms with E-state index in [0.717, 1.165) is 31.4 Å². The third-order valence-electron chi connectivity index (χ3n) is 5.43. The lowest BCUT2D eigenvalue weighted by atomic mass is 10.0. The van der Waals surface area contributed by atoms with Crippen molar-refractivity contribution >= 4 is 43.4 Å². The number of sulfonamides is 1. The van der Waals surface area contributed by atoms with Crippen molar-refractivity contribution in [1.29, 1.82) is 0 Å². The van der Waals surface area contributed by atoms with Crippen LogP contribution in [0.15, 0.2) is 63.9 Å². The van der Waals surface area contributed by atoms with Crippen LogP contribution in [0.2, 0.25) is 0 Å². The predicted molar refractivity (Wildman–Crippen MR) is 125 cm³/mol. The minimum atomic E-state index is -4.00. The topological polar surface area (TPSA) is 85.6 Å². The predicted octanol–water partition coefficient (Wildman–Crippen LogP) is 6.18. The zero-order valence-electron chi connectivity index (χ0n) is 18.4. The fraction of sp³-hybridized carbons (Fsp3) is 0.240. The van der Waals surface area contributed by atoms with Gasteiger partial charge in [0, 0.05) is 16.2 Å². The molecular weight excluding hydrogens is 445 g/mol. The maximum absolute atomic E-state index is 13.3. The number of fused-ring (bicyclic) bond motifs is 3. The van der Waals surface area contributed by atoms with E-state index in [9.17, 15) is 17.6 Å². The number of rotatable bonds is 8. The summed E-state index contributed by atoms with van der Waals surface area (Å²) in [6.45, 7) is 4.05. The van der Waals surface area contributed by atoms with Crippen LogP contribution in [-0.4, -0.2) is 21.0 Å². The van der Waals surface area contributed by atoms with E-state index in [0.29, 0.717) is 34.1 Å². The smallest absolute Gasteiger partial charge is 0.342 e. The number of benzene rings is 3. The Balaban J connectivity index is 1.81. The Hall–Kier alpha value is -3.39. The number of anilines is 1. The summed E-state index contributed by atoms with van der Waals surface area (Å²) in [5, 5.41) is 1.72. The number of hydrogen-bond acceptors (Lipinski definition) is 5. The molecule has 0 saturated heterocycles. The molecule has 0 aliphatic carbocycles. The van der Waals surface area contributed by atoms with Crippen molar-refractivity contribution in [1.82, 2.24) is 0 Å². The van der Waals surface area contributed by atoms with Gasteiger partial charge in [0.05, 0.1) is 17.2 Å². The Morgan fingerprint density at radius 2 is 1.73 bits per heavy atom. The van der Waals surface area contributed by atoms with E-state index < -0.39 is 21.8 Å². The SMILES string of the molecule is CCCCCOC(=O)c1c(C)oc2c1cc(NS(=O)(=O)c1ccc(F)cc1)c1ccccc12. The molecule has 1 aromatic heterocycles. The molecule has 0 aliphatic rings. The van der Waals surface area contributed by atoms with E-state index in [2.05, 4.69) is 11.6 Å². The molecule has 0 aliphatic heterocycles. The average Bonchev–Trinajstić information content (AvgIpc) is 3.13. The maximum atomic E-state index is 13.3. The Morgan fingerprint density at radius 3 is 2.42 bits per heavy atom. The Labute approximate surface area is 191 Å². The molecule has 1 N–H and O–H groups in total. The van der Waals surface area contributed by atoms with Crippen molar-refractivity contribution in [3.8, 4) is 0 Å². The van der Waals surface area contributed by atoms with Crippen LogP contribution in [0.5, 0.6) is 0 Å². The van der Waals surface area contributed by atoms with Crippen LogP contribution in [-0.2, 0) is 14.8 Å². The number of aryl methyl sites for hydroxylation is 1. The number of nitrogens with one attached hydrogen (secondary N) is 1. The molecule has 4 aromatic rings. The number of ether oxygens (including phenoxy) is 1. The molecule has 3 aromatic carbocycles. The van der Waals surface area contributed by atoms with Gasteiger partial charge in [-0.15, -0.1) is 0 Å². The normalized spacial score (nSPS) is 11.7. The molecule has 0 bridgehead atoms. The third-order valence-corrected chi connectivity index (χ3v) is 6.81.